The van der Waals surface area contributed by atoms with Gasteiger partial charge in [0.25, 0.3) is 0 Å². The summed E-state index contributed by atoms with van der Waals surface area (Å²) in [5, 5.41) is 0. The predicted molar refractivity (Wildman–Crippen MR) is 107 cm³/mol. The van der Waals surface area contributed by atoms with Crippen LogP contribution in [-0.4, -0.2) is 22.5 Å². The highest BCUT2D eigenvalue weighted by Crippen LogP contribution is 2.33. The molecule has 0 saturated heterocycles. The van der Waals surface area contributed by atoms with E-state index in [2.05, 4.69) is 44.2 Å². The molecule has 4 aromatic rings. The van der Waals surface area contributed by atoms with Crippen molar-refractivity contribution in [2.45, 2.75) is 13.8 Å². The van der Waals surface area contributed by atoms with Crippen LogP contribution in [0.25, 0.3) is 28.0 Å². The number of ether oxygens (including phenoxy) is 1. The van der Waals surface area contributed by atoms with E-state index in [1.807, 2.05) is 28.9 Å². The van der Waals surface area contributed by atoms with Gasteiger partial charge in [0.1, 0.15) is 5.65 Å². The molecule has 0 fully saturated rings. The number of aromatic nitrogens is 2. The maximum absolute atomic E-state index is 11.8. The Morgan fingerprint density at radius 2 is 1.74 bits per heavy atom. The number of carbonyl (C=O) groups is 1. The third-order valence-electron chi connectivity index (χ3n) is 4.76. The van der Waals surface area contributed by atoms with Crippen LogP contribution in [0.4, 0.5) is 0 Å². The zero-order valence-electron chi connectivity index (χ0n) is 15.6. The first kappa shape index (κ1) is 17.0. The van der Waals surface area contributed by atoms with Gasteiger partial charge < -0.3 is 9.14 Å². The van der Waals surface area contributed by atoms with Gasteiger partial charge in [-0.05, 0) is 42.7 Å². The van der Waals surface area contributed by atoms with Crippen molar-refractivity contribution in [1.29, 1.82) is 0 Å². The number of rotatable bonds is 3. The molecule has 2 heterocycles. The van der Waals surface area contributed by atoms with Gasteiger partial charge in [0.2, 0.25) is 0 Å². The number of nitrogens with zero attached hydrogens (tertiary/aromatic N) is 2. The highest BCUT2D eigenvalue weighted by Gasteiger charge is 2.13. The molecule has 27 heavy (non-hydrogen) atoms. The summed E-state index contributed by atoms with van der Waals surface area (Å²) >= 11 is 0. The lowest BCUT2D eigenvalue weighted by Crippen LogP contribution is -2.01. The molecule has 4 rings (SSSR count). The minimum atomic E-state index is -0.363. The third kappa shape index (κ3) is 3.10. The van der Waals surface area contributed by atoms with Crippen LogP contribution in [0.5, 0.6) is 0 Å². The zero-order chi connectivity index (χ0) is 19.0. The Kier molecular flexibility index (Phi) is 4.24. The summed E-state index contributed by atoms with van der Waals surface area (Å²) in [7, 11) is 1.38. The lowest BCUT2D eigenvalue weighted by Gasteiger charge is -2.11. The lowest BCUT2D eigenvalue weighted by atomic mass is 9.94. The molecule has 0 aliphatic heterocycles. The molecule has 0 spiro atoms. The summed E-state index contributed by atoms with van der Waals surface area (Å²) in [6, 6.07) is 18.2. The second kappa shape index (κ2) is 6.72. The number of aryl methyl sites for hydroxylation is 2. The smallest absolute Gasteiger partial charge is 0.338 e. The lowest BCUT2D eigenvalue weighted by molar-refractivity contribution is 0.0600. The number of fused-ring (bicyclic) bond motifs is 1. The van der Waals surface area contributed by atoms with E-state index >= 15 is 0 Å². The Morgan fingerprint density at radius 1 is 0.963 bits per heavy atom. The van der Waals surface area contributed by atoms with Crippen molar-refractivity contribution in [3.8, 4) is 22.4 Å². The second-order valence-electron chi connectivity index (χ2n) is 6.66. The average molecular weight is 356 g/mol. The van der Waals surface area contributed by atoms with Crippen molar-refractivity contribution >= 4 is 11.6 Å². The molecule has 0 radical (unpaired) electrons. The van der Waals surface area contributed by atoms with Gasteiger partial charge in [0.05, 0.1) is 18.4 Å². The van der Waals surface area contributed by atoms with Crippen molar-refractivity contribution in [2.75, 3.05) is 7.11 Å². The number of pyridine rings is 1. The molecule has 0 amide bonds. The molecule has 0 bridgehead atoms. The monoisotopic (exact) mass is 356 g/mol. The summed E-state index contributed by atoms with van der Waals surface area (Å²) in [6.07, 6.45) is 3.82. The SMILES string of the molecule is COC(=O)c1ccn2cc(-c3ccccc3-c3ccc(C)cc3C)nc2c1. The summed E-state index contributed by atoms with van der Waals surface area (Å²) in [4.78, 5) is 16.5. The number of carbonyl (C=O) groups excluding carboxylic acids is 1. The van der Waals surface area contributed by atoms with Gasteiger partial charge >= 0.3 is 5.97 Å². The van der Waals surface area contributed by atoms with Crippen molar-refractivity contribution in [3.05, 3.63) is 83.7 Å². The number of benzene rings is 2. The van der Waals surface area contributed by atoms with Gasteiger partial charge in [-0.25, -0.2) is 9.78 Å². The predicted octanol–water partition coefficient (Wildman–Crippen LogP) is 5.07. The molecule has 0 aliphatic carbocycles. The van der Waals surface area contributed by atoms with E-state index in [4.69, 9.17) is 9.72 Å². The molecule has 4 heteroatoms. The summed E-state index contributed by atoms with van der Waals surface area (Å²) < 4.78 is 6.72. The molecule has 0 atom stereocenters. The quantitative estimate of drug-likeness (QED) is 0.481. The number of methoxy groups -OCH3 is 1. The second-order valence-corrected chi connectivity index (χ2v) is 6.66. The molecule has 0 unspecified atom stereocenters. The first-order valence-electron chi connectivity index (χ1n) is 8.81. The fraction of sp³-hybridized carbons (Fsp3) is 0.130. The van der Waals surface area contributed by atoms with E-state index in [9.17, 15) is 4.79 Å². The standard InChI is InChI=1S/C23H20N2O2/c1-15-8-9-18(16(2)12-15)19-6-4-5-7-20(19)21-14-25-11-10-17(23(26)27-3)13-22(25)24-21/h4-14H,1-3H3. The summed E-state index contributed by atoms with van der Waals surface area (Å²) in [5.74, 6) is -0.363. The zero-order valence-corrected chi connectivity index (χ0v) is 15.6. The third-order valence-corrected chi connectivity index (χ3v) is 4.76. The molecule has 4 nitrogen and oxygen atoms in total. The normalized spacial score (nSPS) is 10.9. The van der Waals surface area contributed by atoms with E-state index in [1.54, 1.807) is 12.1 Å². The van der Waals surface area contributed by atoms with Gasteiger partial charge in [-0.2, -0.15) is 0 Å². The van der Waals surface area contributed by atoms with E-state index in [0.29, 0.717) is 11.2 Å². The van der Waals surface area contributed by atoms with Crippen LogP contribution in [0, 0.1) is 13.8 Å². The Bertz CT molecular complexity index is 1160. The van der Waals surface area contributed by atoms with Gasteiger partial charge in [0.15, 0.2) is 0 Å². The van der Waals surface area contributed by atoms with E-state index in [1.165, 1.54) is 23.8 Å². The summed E-state index contributed by atoms with van der Waals surface area (Å²) in [5.41, 5.74) is 7.96. The van der Waals surface area contributed by atoms with Crippen LogP contribution >= 0.6 is 0 Å². The van der Waals surface area contributed by atoms with Gasteiger partial charge in [-0.1, -0.05) is 48.0 Å². The van der Waals surface area contributed by atoms with Gasteiger partial charge in [-0.15, -0.1) is 0 Å². The van der Waals surface area contributed by atoms with Crippen molar-refractivity contribution < 1.29 is 9.53 Å². The van der Waals surface area contributed by atoms with Crippen LogP contribution in [0.15, 0.2) is 67.0 Å². The Balaban J connectivity index is 1.86. The first-order valence-corrected chi connectivity index (χ1v) is 8.81. The fourth-order valence-corrected chi connectivity index (χ4v) is 3.41. The molecular weight excluding hydrogens is 336 g/mol. The van der Waals surface area contributed by atoms with E-state index in [0.717, 1.165) is 16.8 Å². The first-order chi connectivity index (χ1) is 13.1. The van der Waals surface area contributed by atoms with Crippen LogP contribution in [0.1, 0.15) is 21.5 Å². The molecule has 0 N–H and O–H groups in total. The highest BCUT2D eigenvalue weighted by molar-refractivity contribution is 5.90. The highest BCUT2D eigenvalue weighted by atomic mass is 16.5. The number of imidazole rings is 1. The maximum Gasteiger partial charge on any atom is 0.338 e. The fourth-order valence-electron chi connectivity index (χ4n) is 3.41. The molecule has 2 aromatic carbocycles. The van der Waals surface area contributed by atoms with Crippen LogP contribution < -0.4 is 0 Å². The topological polar surface area (TPSA) is 43.6 Å². The van der Waals surface area contributed by atoms with Gasteiger partial charge in [0, 0.05) is 18.0 Å². The molecule has 2 aromatic heterocycles. The van der Waals surface area contributed by atoms with Crippen molar-refractivity contribution in [1.82, 2.24) is 9.38 Å². The molecule has 0 saturated carbocycles. The Labute approximate surface area is 158 Å². The summed E-state index contributed by atoms with van der Waals surface area (Å²) in [6.45, 7) is 4.23. The molecular formula is C23H20N2O2. The molecule has 134 valence electrons. The van der Waals surface area contributed by atoms with Crippen molar-refractivity contribution in [3.63, 3.8) is 0 Å². The van der Waals surface area contributed by atoms with Crippen LogP contribution in [0.3, 0.4) is 0 Å². The van der Waals surface area contributed by atoms with Crippen LogP contribution in [0.2, 0.25) is 0 Å². The minimum Gasteiger partial charge on any atom is -0.465 e. The van der Waals surface area contributed by atoms with E-state index in [-0.39, 0.29) is 5.97 Å². The number of hydrogen-bond acceptors (Lipinski definition) is 3. The minimum absolute atomic E-state index is 0.363. The van der Waals surface area contributed by atoms with E-state index < -0.39 is 0 Å². The largest absolute Gasteiger partial charge is 0.465 e. The van der Waals surface area contributed by atoms with Gasteiger partial charge in [-0.3, -0.25) is 0 Å². The Hall–Kier alpha value is -3.40. The molecule has 0 aliphatic rings. The Morgan fingerprint density at radius 3 is 2.48 bits per heavy atom. The maximum atomic E-state index is 11.8. The average Bonchev–Trinajstić information content (AvgIpc) is 3.10. The van der Waals surface area contributed by atoms with Crippen LogP contribution in [-0.2, 0) is 4.74 Å². The number of hydrogen-bond donors (Lipinski definition) is 0. The number of esters is 1. The van der Waals surface area contributed by atoms with Crippen molar-refractivity contribution in [2.24, 2.45) is 0 Å².